The van der Waals surface area contributed by atoms with Gasteiger partial charge in [-0.1, -0.05) is 12.1 Å². The van der Waals surface area contributed by atoms with Crippen LogP contribution in [-0.4, -0.2) is 24.8 Å². The second kappa shape index (κ2) is 5.92. The number of hydrogen-bond acceptors (Lipinski definition) is 3. The molecule has 1 aromatic carbocycles. The van der Waals surface area contributed by atoms with E-state index in [2.05, 4.69) is 10.1 Å². The Morgan fingerprint density at radius 3 is 2.63 bits per heavy atom. The van der Waals surface area contributed by atoms with Crippen LogP contribution in [0.5, 0.6) is 0 Å². The number of benzene rings is 1. The van der Waals surface area contributed by atoms with Gasteiger partial charge in [0, 0.05) is 0 Å². The van der Waals surface area contributed by atoms with Gasteiger partial charge in [0.05, 0.1) is 11.4 Å². The van der Waals surface area contributed by atoms with Crippen LogP contribution in [-0.2, 0) is 9.53 Å². The molecule has 106 valence electrons. The van der Waals surface area contributed by atoms with Gasteiger partial charge < -0.3 is 15.8 Å². The molecule has 1 amide bonds. The summed E-state index contributed by atoms with van der Waals surface area (Å²) in [6.07, 6.45) is -6.48. The Morgan fingerprint density at radius 2 is 2.11 bits per heavy atom. The van der Waals surface area contributed by atoms with Crippen molar-refractivity contribution < 1.29 is 22.7 Å². The molecule has 3 N–H and O–H groups in total. The Labute approximate surface area is 108 Å². The first-order valence-corrected chi connectivity index (χ1v) is 5.55. The number of carbonyl (C=O) groups excluding carboxylic acids is 1. The minimum Gasteiger partial charge on any atom is -0.397 e. The predicted octanol–water partition coefficient (Wildman–Crippen LogP) is 2.48. The van der Waals surface area contributed by atoms with Crippen LogP contribution < -0.4 is 11.1 Å². The minimum absolute atomic E-state index is 0.345. The maximum absolute atomic E-state index is 12.2. The largest absolute Gasteiger partial charge is 0.414 e. The first-order valence-electron chi connectivity index (χ1n) is 5.55. The summed E-state index contributed by atoms with van der Waals surface area (Å²) >= 11 is 0. The number of nitrogen functional groups attached to an aromatic ring is 1. The van der Waals surface area contributed by atoms with Gasteiger partial charge in [0.25, 0.3) is 0 Å². The third kappa shape index (κ3) is 4.44. The first kappa shape index (κ1) is 15.3. The van der Waals surface area contributed by atoms with Gasteiger partial charge in [0.2, 0.25) is 5.91 Å². The smallest absolute Gasteiger partial charge is 0.397 e. The standard InChI is InChI=1S/C12H15F3N2O2/c1-7-4-3-5-9(16)11(7)17-10(18)6-19-8(2)12(13,14)15/h3-5,8H,6,16H2,1-2H3,(H,17,18). The maximum atomic E-state index is 12.2. The Morgan fingerprint density at radius 1 is 1.47 bits per heavy atom. The molecule has 1 rings (SSSR count). The van der Waals surface area contributed by atoms with Crippen LogP contribution in [0.15, 0.2) is 18.2 Å². The quantitative estimate of drug-likeness (QED) is 0.830. The molecule has 0 spiro atoms. The second-order valence-electron chi connectivity index (χ2n) is 4.08. The van der Waals surface area contributed by atoms with E-state index < -0.39 is 24.8 Å². The van der Waals surface area contributed by atoms with Gasteiger partial charge in [-0.15, -0.1) is 0 Å². The number of ether oxygens (including phenoxy) is 1. The van der Waals surface area contributed by atoms with Crippen LogP contribution >= 0.6 is 0 Å². The number of aryl methyl sites for hydroxylation is 1. The molecular weight excluding hydrogens is 261 g/mol. The number of halogens is 3. The molecule has 0 fully saturated rings. The fraction of sp³-hybridized carbons (Fsp3) is 0.417. The van der Waals surface area contributed by atoms with Crippen molar-refractivity contribution in [3.8, 4) is 0 Å². The average molecular weight is 276 g/mol. The van der Waals surface area contributed by atoms with E-state index >= 15 is 0 Å². The number of nitrogens with two attached hydrogens (primary N) is 1. The van der Waals surface area contributed by atoms with Crippen LogP contribution in [0.2, 0.25) is 0 Å². The van der Waals surface area contributed by atoms with Crippen molar-refractivity contribution >= 4 is 17.3 Å². The van der Waals surface area contributed by atoms with E-state index in [0.717, 1.165) is 12.5 Å². The normalized spacial score (nSPS) is 13.1. The predicted molar refractivity (Wildman–Crippen MR) is 65.7 cm³/mol. The zero-order chi connectivity index (χ0) is 14.6. The van der Waals surface area contributed by atoms with Crippen LogP contribution in [0.3, 0.4) is 0 Å². The molecule has 0 aliphatic heterocycles. The molecule has 0 heterocycles. The summed E-state index contributed by atoms with van der Waals surface area (Å²) in [4.78, 5) is 11.5. The number of hydrogen-bond donors (Lipinski definition) is 2. The van der Waals surface area contributed by atoms with Gasteiger partial charge in [-0.25, -0.2) is 0 Å². The van der Waals surface area contributed by atoms with E-state index in [-0.39, 0.29) is 0 Å². The highest BCUT2D eigenvalue weighted by Crippen LogP contribution is 2.24. The monoisotopic (exact) mass is 276 g/mol. The highest BCUT2D eigenvalue weighted by Gasteiger charge is 2.37. The van der Waals surface area contributed by atoms with Gasteiger partial charge >= 0.3 is 6.18 Å². The van der Waals surface area contributed by atoms with E-state index in [4.69, 9.17) is 5.73 Å². The van der Waals surface area contributed by atoms with E-state index in [1.54, 1.807) is 25.1 Å². The maximum Gasteiger partial charge on any atom is 0.414 e. The van der Waals surface area contributed by atoms with E-state index in [0.29, 0.717) is 11.4 Å². The number of anilines is 2. The second-order valence-corrected chi connectivity index (χ2v) is 4.08. The van der Waals surface area contributed by atoms with Gasteiger partial charge in [-0.05, 0) is 25.5 Å². The van der Waals surface area contributed by atoms with E-state index in [9.17, 15) is 18.0 Å². The van der Waals surface area contributed by atoms with Gasteiger partial charge in [0.15, 0.2) is 6.10 Å². The van der Waals surface area contributed by atoms with Crippen molar-refractivity contribution in [2.75, 3.05) is 17.7 Å². The van der Waals surface area contributed by atoms with Crippen molar-refractivity contribution in [3.63, 3.8) is 0 Å². The highest BCUT2D eigenvalue weighted by atomic mass is 19.4. The van der Waals surface area contributed by atoms with Crippen molar-refractivity contribution in [3.05, 3.63) is 23.8 Å². The summed E-state index contributed by atoms with van der Waals surface area (Å²) in [5, 5.41) is 2.43. The molecule has 0 saturated heterocycles. The molecule has 1 unspecified atom stereocenters. The fourth-order valence-corrected chi connectivity index (χ4v) is 1.33. The number of carbonyl (C=O) groups is 1. The summed E-state index contributed by atoms with van der Waals surface area (Å²) in [7, 11) is 0. The Balaban J connectivity index is 2.57. The topological polar surface area (TPSA) is 64.3 Å². The molecular formula is C12H15F3N2O2. The first-order chi connectivity index (χ1) is 8.71. The summed E-state index contributed by atoms with van der Waals surface area (Å²) in [5.74, 6) is -0.683. The number of nitrogens with one attached hydrogen (secondary N) is 1. The molecule has 0 aliphatic carbocycles. The number of rotatable bonds is 4. The number of para-hydroxylation sites is 1. The van der Waals surface area contributed by atoms with E-state index in [1.165, 1.54) is 0 Å². The zero-order valence-electron chi connectivity index (χ0n) is 10.5. The summed E-state index contributed by atoms with van der Waals surface area (Å²) < 4.78 is 41.0. The van der Waals surface area contributed by atoms with E-state index in [1.807, 2.05) is 0 Å². The minimum atomic E-state index is -4.48. The molecule has 7 heteroatoms. The Bertz CT molecular complexity index is 441. The van der Waals surface area contributed by atoms with Crippen LogP contribution in [0.4, 0.5) is 24.5 Å². The van der Waals surface area contributed by atoms with Crippen LogP contribution in [0.1, 0.15) is 12.5 Å². The Hall–Kier alpha value is -1.76. The van der Waals surface area contributed by atoms with Crippen LogP contribution in [0.25, 0.3) is 0 Å². The molecule has 0 aromatic heterocycles. The lowest BCUT2D eigenvalue weighted by Crippen LogP contribution is -2.32. The molecule has 1 atom stereocenters. The number of alkyl halides is 3. The third-order valence-corrected chi connectivity index (χ3v) is 2.49. The lowest BCUT2D eigenvalue weighted by Gasteiger charge is -2.16. The van der Waals surface area contributed by atoms with Gasteiger partial charge in [-0.3, -0.25) is 4.79 Å². The van der Waals surface area contributed by atoms with Gasteiger partial charge in [-0.2, -0.15) is 13.2 Å². The van der Waals surface area contributed by atoms with Crippen LogP contribution in [0, 0.1) is 6.92 Å². The van der Waals surface area contributed by atoms with Crippen molar-refractivity contribution in [2.24, 2.45) is 0 Å². The molecule has 0 bridgehead atoms. The fourth-order valence-electron chi connectivity index (χ4n) is 1.33. The number of amides is 1. The lowest BCUT2D eigenvalue weighted by atomic mass is 10.1. The molecule has 19 heavy (non-hydrogen) atoms. The summed E-state index contributed by atoms with van der Waals surface area (Å²) in [6.45, 7) is 1.88. The van der Waals surface area contributed by atoms with Crippen molar-refractivity contribution in [2.45, 2.75) is 26.1 Å². The molecule has 0 saturated carbocycles. The molecule has 1 aromatic rings. The van der Waals surface area contributed by atoms with Gasteiger partial charge in [0.1, 0.15) is 6.61 Å². The Kier molecular flexibility index (Phi) is 4.77. The summed E-state index contributed by atoms with van der Waals surface area (Å²) in [6, 6.07) is 5.02. The molecule has 4 nitrogen and oxygen atoms in total. The average Bonchev–Trinajstić information content (AvgIpc) is 2.29. The summed E-state index contributed by atoms with van der Waals surface area (Å²) in [5.41, 5.74) is 7.11. The van der Waals surface area contributed by atoms with Crippen molar-refractivity contribution in [1.82, 2.24) is 0 Å². The SMILES string of the molecule is Cc1cccc(N)c1NC(=O)COC(C)C(F)(F)F. The molecule has 0 radical (unpaired) electrons. The third-order valence-electron chi connectivity index (χ3n) is 2.49. The lowest BCUT2D eigenvalue weighted by molar-refractivity contribution is -0.213. The highest BCUT2D eigenvalue weighted by molar-refractivity contribution is 5.95. The van der Waals surface area contributed by atoms with Crippen molar-refractivity contribution in [1.29, 1.82) is 0 Å². The zero-order valence-corrected chi connectivity index (χ0v) is 10.5. The molecule has 0 aliphatic rings.